The Hall–Kier alpha value is -1.75. The smallest absolute Gasteiger partial charge is 0.253 e. The summed E-state index contributed by atoms with van der Waals surface area (Å²) >= 11 is 12.0. The Morgan fingerprint density at radius 1 is 1.13 bits per heavy atom. The quantitative estimate of drug-likeness (QED) is 0.741. The molecule has 2 aromatic rings. The first-order chi connectivity index (χ1) is 11.1. The molecule has 6 heteroatoms. The fourth-order valence-corrected chi connectivity index (χ4v) is 2.47. The molecule has 122 valence electrons. The number of methoxy groups -OCH3 is 1. The molecular weight excluding hydrogens is 335 g/mol. The molecule has 0 atom stereocenters. The van der Waals surface area contributed by atoms with Crippen molar-refractivity contribution in [3.05, 3.63) is 63.6 Å². The van der Waals surface area contributed by atoms with E-state index in [0.29, 0.717) is 30.3 Å². The molecule has 2 aromatic carbocycles. The number of anilines is 1. The van der Waals surface area contributed by atoms with E-state index < -0.39 is 0 Å². The number of nitrogens with one attached hydrogen (secondary N) is 2. The lowest BCUT2D eigenvalue weighted by molar-refractivity contribution is 0.0951. The number of benzene rings is 2. The second-order valence-electron chi connectivity index (χ2n) is 4.86. The van der Waals surface area contributed by atoms with Gasteiger partial charge in [0.2, 0.25) is 0 Å². The maximum absolute atomic E-state index is 12.3. The highest BCUT2D eigenvalue weighted by atomic mass is 35.5. The number of rotatable bonds is 7. The van der Waals surface area contributed by atoms with Crippen LogP contribution in [-0.4, -0.2) is 26.2 Å². The Kier molecular flexibility index (Phi) is 6.71. The van der Waals surface area contributed by atoms with Gasteiger partial charge in [0.15, 0.2) is 0 Å². The third-order valence-corrected chi connectivity index (χ3v) is 4.09. The molecule has 2 rings (SSSR count). The van der Waals surface area contributed by atoms with Gasteiger partial charge in [-0.05, 0) is 23.8 Å². The van der Waals surface area contributed by atoms with E-state index >= 15 is 0 Å². The molecule has 0 aromatic heterocycles. The second kappa shape index (κ2) is 8.77. The topological polar surface area (TPSA) is 50.4 Å². The normalized spacial score (nSPS) is 10.4. The van der Waals surface area contributed by atoms with Crippen molar-refractivity contribution in [2.45, 2.75) is 6.54 Å². The predicted molar refractivity (Wildman–Crippen MR) is 94.4 cm³/mol. The number of halogens is 2. The van der Waals surface area contributed by atoms with Crippen LogP contribution >= 0.6 is 23.2 Å². The fourth-order valence-electron chi connectivity index (χ4n) is 2.08. The van der Waals surface area contributed by atoms with Crippen molar-refractivity contribution in [1.82, 2.24) is 5.32 Å². The number of hydrogen-bond donors (Lipinski definition) is 2. The van der Waals surface area contributed by atoms with Crippen molar-refractivity contribution in [1.29, 1.82) is 0 Å². The minimum absolute atomic E-state index is 0.260. The summed E-state index contributed by atoms with van der Waals surface area (Å²) in [5.41, 5.74) is 2.31. The third kappa shape index (κ3) is 4.86. The van der Waals surface area contributed by atoms with Crippen LogP contribution in [0.2, 0.25) is 10.0 Å². The van der Waals surface area contributed by atoms with Crippen LogP contribution in [0.4, 0.5) is 5.69 Å². The zero-order valence-corrected chi connectivity index (χ0v) is 14.2. The van der Waals surface area contributed by atoms with Crippen LogP contribution in [0.3, 0.4) is 0 Å². The van der Waals surface area contributed by atoms with E-state index in [0.717, 1.165) is 11.3 Å². The van der Waals surface area contributed by atoms with Crippen molar-refractivity contribution in [3.63, 3.8) is 0 Å². The van der Waals surface area contributed by atoms with E-state index in [-0.39, 0.29) is 10.9 Å². The lowest BCUT2D eigenvalue weighted by Gasteiger charge is -2.13. The number of amides is 1. The van der Waals surface area contributed by atoms with Crippen molar-refractivity contribution in [2.75, 3.05) is 25.6 Å². The summed E-state index contributed by atoms with van der Waals surface area (Å²) in [6.45, 7) is 1.69. The SMILES string of the molecule is COCCNc1ccccc1CNC(=O)c1cccc(Cl)c1Cl. The molecule has 0 aliphatic heterocycles. The molecule has 0 saturated carbocycles. The van der Waals surface area contributed by atoms with Crippen LogP contribution in [0.25, 0.3) is 0 Å². The number of carbonyl (C=O) groups is 1. The number of hydrogen-bond acceptors (Lipinski definition) is 3. The molecule has 0 unspecified atom stereocenters. The van der Waals surface area contributed by atoms with Gasteiger partial charge >= 0.3 is 0 Å². The molecule has 0 spiro atoms. The summed E-state index contributed by atoms with van der Waals surface area (Å²) in [4.78, 5) is 12.3. The number of ether oxygens (including phenoxy) is 1. The zero-order valence-electron chi connectivity index (χ0n) is 12.7. The third-order valence-electron chi connectivity index (χ3n) is 3.27. The summed E-state index contributed by atoms with van der Waals surface area (Å²) in [6, 6.07) is 12.8. The Morgan fingerprint density at radius 3 is 2.70 bits per heavy atom. The minimum Gasteiger partial charge on any atom is -0.383 e. The van der Waals surface area contributed by atoms with Gasteiger partial charge < -0.3 is 15.4 Å². The highest BCUT2D eigenvalue weighted by Gasteiger charge is 2.12. The van der Waals surface area contributed by atoms with Crippen LogP contribution < -0.4 is 10.6 Å². The van der Waals surface area contributed by atoms with Gasteiger partial charge in [0, 0.05) is 25.9 Å². The van der Waals surface area contributed by atoms with Crippen LogP contribution in [-0.2, 0) is 11.3 Å². The standard InChI is InChI=1S/C17H18Cl2N2O2/c1-23-10-9-20-15-8-3-2-5-12(15)11-21-17(22)13-6-4-7-14(18)16(13)19/h2-8,20H,9-11H2,1H3,(H,21,22). The maximum Gasteiger partial charge on any atom is 0.253 e. The highest BCUT2D eigenvalue weighted by Crippen LogP contribution is 2.25. The number of carbonyl (C=O) groups excluding carboxylic acids is 1. The molecule has 4 nitrogen and oxygen atoms in total. The van der Waals surface area contributed by atoms with E-state index in [2.05, 4.69) is 10.6 Å². The molecule has 0 aliphatic rings. The van der Waals surface area contributed by atoms with E-state index in [1.54, 1.807) is 25.3 Å². The van der Waals surface area contributed by atoms with Crippen LogP contribution in [0, 0.1) is 0 Å². The molecule has 1 amide bonds. The first-order valence-corrected chi connectivity index (χ1v) is 7.92. The zero-order chi connectivity index (χ0) is 16.7. The van der Waals surface area contributed by atoms with E-state index in [9.17, 15) is 4.79 Å². The van der Waals surface area contributed by atoms with Crippen LogP contribution in [0.5, 0.6) is 0 Å². The van der Waals surface area contributed by atoms with E-state index in [4.69, 9.17) is 27.9 Å². The Labute approximate surface area is 145 Å². The van der Waals surface area contributed by atoms with Crippen molar-refractivity contribution in [3.8, 4) is 0 Å². The number of para-hydroxylation sites is 1. The molecule has 0 fully saturated rings. The van der Waals surface area contributed by atoms with Gasteiger partial charge in [0.05, 0.1) is 22.2 Å². The molecule has 0 bridgehead atoms. The molecule has 0 radical (unpaired) electrons. The molecule has 23 heavy (non-hydrogen) atoms. The molecule has 2 N–H and O–H groups in total. The molecule has 0 saturated heterocycles. The van der Waals surface area contributed by atoms with Crippen LogP contribution in [0.1, 0.15) is 15.9 Å². The first-order valence-electron chi connectivity index (χ1n) is 7.16. The lowest BCUT2D eigenvalue weighted by Crippen LogP contribution is -2.24. The predicted octanol–water partition coefficient (Wildman–Crippen LogP) is 3.98. The Morgan fingerprint density at radius 2 is 1.91 bits per heavy atom. The summed E-state index contributed by atoms with van der Waals surface area (Å²) in [7, 11) is 1.66. The fraction of sp³-hybridized carbons (Fsp3) is 0.235. The summed E-state index contributed by atoms with van der Waals surface area (Å²) < 4.78 is 5.02. The minimum atomic E-state index is -0.260. The molecular formula is C17H18Cl2N2O2. The summed E-state index contributed by atoms with van der Waals surface area (Å²) in [5.74, 6) is -0.260. The van der Waals surface area contributed by atoms with Gasteiger partial charge in [0.1, 0.15) is 0 Å². The van der Waals surface area contributed by atoms with Crippen molar-refractivity contribution < 1.29 is 9.53 Å². The second-order valence-corrected chi connectivity index (χ2v) is 5.65. The molecule has 0 aliphatic carbocycles. The first kappa shape index (κ1) is 17.6. The highest BCUT2D eigenvalue weighted by molar-refractivity contribution is 6.43. The summed E-state index contributed by atoms with van der Waals surface area (Å²) in [6.07, 6.45) is 0. The van der Waals surface area contributed by atoms with Crippen molar-refractivity contribution in [2.24, 2.45) is 0 Å². The van der Waals surface area contributed by atoms with Gasteiger partial charge in [-0.3, -0.25) is 4.79 Å². The largest absolute Gasteiger partial charge is 0.383 e. The summed E-state index contributed by atoms with van der Waals surface area (Å²) in [5, 5.41) is 6.76. The molecule has 0 heterocycles. The Bertz CT molecular complexity index is 677. The van der Waals surface area contributed by atoms with Crippen LogP contribution in [0.15, 0.2) is 42.5 Å². The van der Waals surface area contributed by atoms with E-state index in [1.165, 1.54) is 0 Å². The average Bonchev–Trinajstić information content (AvgIpc) is 2.56. The van der Waals surface area contributed by atoms with Gasteiger partial charge in [-0.25, -0.2) is 0 Å². The van der Waals surface area contributed by atoms with Gasteiger partial charge in [0.25, 0.3) is 5.91 Å². The van der Waals surface area contributed by atoms with E-state index in [1.807, 2.05) is 24.3 Å². The van der Waals surface area contributed by atoms with Gasteiger partial charge in [-0.15, -0.1) is 0 Å². The van der Waals surface area contributed by atoms with Gasteiger partial charge in [-0.2, -0.15) is 0 Å². The lowest BCUT2D eigenvalue weighted by atomic mass is 10.1. The van der Waals surface area contributed by atoms with Crippen molar-refractivity contribution >= 4 is 34.8 Å². The van der Waals surface area contributed by atoms with Gasteiger partial charge in [-0.1, -0.05) is 47.5 Å². The Balaban J connectivity index is 2.03. The average molecular weight is 353 g/mol. The maximum atomic E-state index is 12.3. The monoisotopic (exact) mass is 352 g/mol.